The zero-order valence-corrected chi connectivity index (χ0v) is 17.0. The molecular weight excluding hydrogens is 418 g/mol. The number of amides is 3. The quantitative estimate of drug-likeness (QED) is 0.372. The van der Waals surface area contributed by atoms with Crippen LogP contribution in [0.25, 0.3) is 11.1 Å². The second kappa shape index (κ2) is 10.4. The standard InChI is InChI=1S/C22H23N3O7/c26-11-18(21(29)30)25-20(28)10-23-19(27)9-24-22(31)32-12-17-15-7-3-1-5-13(15)14-6-2-4-8-16(14)17/h1-8,17-18,26H,9-12H2,(H,23,27)(H,24,31)(H,25,28)(H,29,30)/t18-/m0/s1. The first kappa shape index (κ1) is 22.8. The van der Waals surface area contributed by atoms with Crippen molar-refractivity contribution in [1.82, 2.24) is 16.0 Å². The van der Waals surface area contributed by atoms with Crippen molar-refractivity contribution in [3.05, 3.63) is 59.7 Å². The Labute approximate surface area is 183 Å². The number of fused-ring (bicyclic) bond motifs is 3. The van der Waals surface area contributed by atoms with Crippen LogP contribution in [0.3, 0.4) is 0 Å². The van der Waals surface area contributed by atoms with Crippen LogP contribution in [-0.2, 0) is 19.1 Å². The van der Waals surface area contributed by atoms with E-state index in [0.717, 1.165) is 22.3 Å². The lowest BCUT2D eigenvalue weighted by Gasteiger charge is -2.15. The van der Waals surface area contributed by atoms with E-state index in [4.69, 9.17) is 14.9 Å². The summed E-state index contributed by atoms with van der Waals surface area (Å²) in [5.74, 6) is -2.96. The highest BCUT2D eigenvalue weighted by Gasteiger charge is 2.29. The second-order valence-corrected chi connectivity index (χ2v) is 7.10. The molecule has 0 radical (unpaired) electrons. The van der Waals surface area contributed by atoms with Crippen molar-refractivity contribution < 1.29 is 34.1 Å². The molecule has 0 bridgehead atoms. The molecule has 0 aromatic heterocycles. The van der Waals surface area contributed by atoms with Crippen molar-refractivity contribution in [2.75, 3.05) is 26.3 Å². The van der Waals surface area contributed by atoms with E-state index in [0.29, 0.717) is 0 Å². The second-order valence-electron chi connectivity index (χ2n) is 7.10. The van der Waals surface area contributed by atoms with E-state index in [1.165, 1.54) is 0 Å². The highest BCUT2D eigenvalue weighted by Crippen LogP contribution is 2.44. The van der Waals surface area contributed by atoms with Crippen LogP contribution in [-0.4, -0.2) is 66.4 Å². The summed E-state index contributed by atoms with van der Waals surface area (Å²) >= 11 is 0. The first-order chi connectivity index (χ1) is 15.4. The number of aliphatic carboxylic acids is 1. The lowest BCUT2D eigenvalue weighted by Crippen LogP contribution is -2.48. The molecule has 0 aliphatic heterocycles. The number of nitrogens with one attached hydrogen (secondary N) is 3. The van der Waals surface area contributed by atoms with Gasteiger partial charge in [0, 0.05) is 5.92 Å². The van der Waals surface area contributed by atoms with Gasteiger partial charge in [0.15, 0.2) is 0 Å². The number of aliphatic hydroxyl groups is 1. The molecule has 10 heteroatoms. The molecule has 2 aromatic rings. The molecule has 168 valence electrons. The SMILES string of the molecule is O=C(CNC(=O)OCC1c2ccccc2-c2ccccc21)NCC(=O)N[C@@H](CO)C(=O)O. The molecule has 0 heterocycles. The van der Waals surface area contributed by atoms with Gasteiger partial charge in [-0.25, -0.2) is 9.59 Å². The Kier molecular flexibility index (Phi) is 7.40. The molecule has 1 aliphatic rings. The largest absolute Gasteiger partial charge is 0.480 e. The molecule has 0 saturated heterocycles. The molecule has 0 unspecified atom stereocenters. The van der Waals surface area contributed by atoms with Crippen LogP contribution in [0.15, 0.2) is 48.5 Å². The minimum Gasteiger partial charge on any atom is -0.480 e. The van der Waals surface area contributed by atoms with Crippen LogP contribution >= 0.6 is 0 Å². The maximum absolute atomic E-state index is 12.0. The van der Waals surface area contributed by atoms with Crippen LogP contribution in [0.1, 0.15) is 17.0 Å². The summed E-state index contributed by atoms with van der Waals surface area (Å²) in [7, 11) is 0. The molecule has 1 aliphatic carbocycles. The molecule has 3 rings (SSSR count). The molecule has 3 amide bonds. The summed E-state index contributed by atoms with van der Waals surface area (Å²) in [5.41, 5.74) is 4.32. The summed E-state index contributed by atoms with van der Waals surface area (Å²) < 4.78 is 5.31. The van der Waals surface area contributed by atoms with E-state index < -0.39 is 49.6 Å². The Balaban J connectivity index is 1.43. The van der Waals surface area contributed by atoms with Gasteiger partial charge >= 0.3 is 12.1 Å². The van der Waals surface area contributed by atoms with Crippen molar-refractivity contribution in [3.63, 3.8) is 0 Å². The maximum Gasteiger partial charge on any atom is 0.407 e. The van der Waals surface area contributed by atoms with E-state index in [1.54, 1.807) is 0 Å². The number of carbonyl (C=O) groups is 4. The lowest BCUT2D eigenvalue weighted by atomic mass is 9.98. The fourth-order valence-corrected chi connectivity index (χ4v) is 3.47. The number of rotatable bonds is 9. The molecule has 0 spiro atoms. The summed E-state index contributed by atoms with van der Waals surface area (Å²) in [6.45, 7) is -1.61. The fraction of sp³-hybridized carbons (Fsp3) is 0.273. The van der Waals surface area contributed by atoms with Gasteiger partial charge in [0.05, 0.1) is 13.2 Å². The van der Waals surface area contributed by atoms with Gasteiger partial charge in [-0.05, 0) is 22.3 Å². The van der Waals surface area contributed by atoms with Crippen molar-refractivity contribution in [1.29, 1.82) is 0 Å². The molecular formula is C22H23N3O7. The zero-order chi connectivity index (χ0) is 23.1. The van der Waals surface area contributed by atoms with Crippen LogP contribution in [0.4, 0.5) is 4.79 Å². The molecule has 5 N–H and O–H groups in total. The Morgan fingerprint density at radius 3 is 2.00 bits per heavy atom. The third-order valence-electron chi connectivity index (χ3n) is 5.00. The molecule has 2 aromatic carbocycles. The van der Waals surface area contributed by atoms with E-state index in [9.17, 15) is 19.2 Å². The topological polar surface area (TPSA) is 154 Å². The van der Waals surface area contributed by atoms with E-state index in [2.05, 4.69) is 10.6 Å². The van der Waals surface area contributed by atoms with Crippen molar-refractivity contribution in [2.45, 2.75) is 12.0 Å². The number of ether oxygens (including phenoxy) is 1. The number of benzene rings is 2. The monoisotopic (exact) mass is 441 g/mol. The predicted octanol–water partition coefficient (Wildman–Crippen LogP) is 0.203. The minimum atomic E-state index is -1.46. The van der Waals surface area contributed by atoms with Gasteiger partial charge in [-0.1, -0.05) is 48.5 Å². The van der Waals surface area contributed by atoms with E-state index in [1.807, 2.05) is 53.8 Å². The van der Waals surface area contributed by atoms with Gasteiger partial charge in [-0.15, -0.1) is 0 Å². The molecule has 32 heavy (non-hydrogen) atoms. The van der Waals surface area contributed by atoms with Crippen LogP contribution < -0.4 is 16.0 Å². The number of alkyl carbamates (subject to hydrolysis) is 1. The molecule has 1 atom stereocenters. The van der Waals surface area contributed by atoms with Crippen LogP contribution in [0.2, 0.25) is 0 Å². The van der Waals surface area contributed by atoms with Crippen molar-refractivity contribution in [3.8, 4) is 11.1 Å². The Bertz CT molecular complexity index is 979. The van der Waals surface area contributed by atoms with Gasteiger partial charge in [0.25, 0.3) is 0 Å². The van der Waals surface area contributed by atoms with Gasteiger partial charge in [-0.3, -0.25) is 9.59 Å². The van der Waals surface area contributed by atoms with Crippen molar-refractivity contribution in [2.24, 2.45) is 0 Å². The molecule has 0 saturated carbocycles. The van der Waals surface area contributed by atoms with Gasteiger partial charge in [0.1, 0.15) is 19.2 Å². The Morgan fingerprint density at radius 1 is 0.875 bits per heavy atom. The zero-order valence-electron chi connectivity index (χ0n) is 17.0. The summed E-state index contributed by atoms with van der Waals surface area (Å²) in [4.78, 5) is 46.2. The van der Waals surface area contributed by atoms with E-state index in [-0.39, 0.29) is 12.5 Å². The first-order valence-corrected chi connectivity index (χ1v) is 9.89. The number of carboxylic acid groups (broad SMARTS) is 1. The van der Waals surface area contributed by atoms with Gasteiger partial charge < -0.3 is 30.9 Å². The fourth-order valence-electron chi connectivity index (χ4n) is 3.47. The summed E-state index contributed by atoms with van der Waals surface area (Å²) in [5, 5.41) is 24.2. The number of hydrogen-bond acceptors (Lipinski definition) is 6. The summed E-state index contributed by atoms with van der Waals surface area (Å²) in [6, 6.07) is 14.3. The Hall–Kier alpha value is -3.92. The number of aliphatic hydroxyl groups excluding tert-OH is 1. The van der Waals surface area contributed by atoms with Crippen molar-refractivity contribution >= 4 is 23.9 Å². The summed E-state index contributed by atoms with van der Waals surface area (Å²) in [6.07, 6.45) is -0.780. The smallest absolute Gasteiger partial charge is 0.407 e. The highest BCUT2D eigenvalue weighted by atomic mass is 16.5. The molecule has 10 nitrogen and oxygen atoms in total. The number of carboxylic acids is 1. The minimum absolute atomic E-state index is 0.0988. The normalized spacial score (nSPS) is 12.8. The average molecular weight is 441 g/mol. The maximum atomic E-state index is 12.0. The van der Waals surface area contributed by atoms with Crippen LogP contribution in [0.5, 0.6) is 0 Å². The first-order valence-electron chi connectivity index (χ1n) is 9.89. The number of carbonyl (C=O) groups excluding carboxylic acids is 3. The van der Waals surface area contributed by atoms with Crippen LogP contribution in [0, 0.1) is 0 Å². The average Bonchev–Trinajstić information content (AvgIpc) is 3.12. The third kappa shape index (κ3) is 5.41. The van der Waals surface area contributed by atoms with Gasteiger partial charge in [-0.2, -0.15) is 0 Å². The van der Waals surface area contributed by atoms with Gasteiger partial charge in [0.2, 0.25) is 11.8 Å². The third-order valence-corrected chi connectivity index (χ3v) is 5.00. The highest BCUT2D eigenvalue weighted by molar-refractivity contribution is 5.89. The van der Waals surface area contributed by atoms with E-state index >= 15 is 0 Å². The predicted molar refractivity (Wildman–Crippen MR) is 113 cm³/mol. The lowest BCUT2D eigenvalue weighted by molar-refractivity contribution is -0.142. The Morgan fingerprint density at radius 2 is 1.44 bits per heavy atom. The number of hydrogen-bond donors (Lipinski definition) is 5. The molecule has 0 fully saturated rings.